The van der Waals surface area contributed by atoms with E-state index < -0.39 is 0 Å². The maximum atomic E-state index is 12.7. The van der Waals surface area contributed by atoms with E-state index in [1.165, 1.54) is 4.90 Å². The third kappa shape index (κ3) is 4.70. The standard InChI is InChI=1S/C17H23BrN2O4/c1-12(2)9-19(6-7-23-3)16(21)10-20-14-5-4-13(18)8-15(14)24-11-17(20)22/h4-5,8,12H,6-7,9-11H2,1-3H3. The van der Waals surface area contributed by atoms with E-state index in [0.29, 0.717) is 37.1 Å². The predicted molar refractivity (Wildman–Crippen MR) is 95.3 cm³/mol. The van der Waals surface area contributed by atoms with Crippen molar-refractivity contribution in [3.05, 3.63) is 22.7 Å². The third-order valence-electron chi connectivity index (χ3n) is 3.66. The first-order valence-electron chi connectivity index (χ1n) is 7.91. The van der Waals surface area contributed by atoms with E-state index in [-0.39, 0.29) is 25.0 Å². The van der Waals surface area contributed by atoms with E-state index in [2.05, 4.69) is 29.8 Å². The molecule has 1 aliphatic heterocycles. The molecule has 6 nitrogen and oxygen atoms in total. The Morgan fingerprint density at radius 1 is 1.46 bits per heavy atom. The SMILES string of the molecule is COCCN(CC(C)C)C(=O)CN1C(=O)COc2cc(Br)ccc21. The molecule has 0 fully saturated rings. The summed E-state index contributed by atoms with van der Waals surface area (Å²) in [6.45, 7) is 5.68. The highest BCUT2D eigenvalue weighted by molar-refractivity contribution is 9.10. The first kappa shape index (κ1) is 18.7. The van der Waals surface area contributed by atoms with Gasteiger partial charge < -0.3 is 14.4 Å². The number of carbonyl (C=O) groups excluding carboxylic acids is 2. The van der Waals surface area contributed by atoms with E-state index in [1.807, 2.05) is 6.07 Å². The van der Waals surface area contributed by atoms with Crippen molar-refractivity contribution in [1.82, 2.24) is 4.90 Å². The van der Waals surface area contributed by atoms with E-state index in [9.17, 15) is 9.59 Å². The number of carbonyl (C=O) groups is 2. The van der Waals surface area contributed by atoms with Gasteiger partial charge in [0.1, 0.15) is 12.3 Å². The average Bonchev–Trinajstić information content (AvgIpc) is 2.53. The molecule has 0 unspecified atom stereocenters. The van der Waals surface area contributed by atoms with Crippen molar-refractivity contribution in [1.29, 1.82) is 0 Å². The normalized spacial score (nSPS) is 13.7. The van der Waals surface area contributed by atoms with Gasteiger partial charge in [0, 0.05) is 24.7 Å². The van der Waals surface area contributed by atoms with Crippen LogP contribution in [0.15, 0.2) is 22.7 Å². The summed E-state index contributed by atoms with van der Waals surface area (Å²) in [5, 5.41) is 0. The van der Waals surface area contributed by atoms with E-state index in [1.54, 1.807) is 24.1 Å². The number of hydrogen-bond acceptors (Lipinski definition) is 4. The zero-order valence-electron chi connectivity index (χ0n) is 14.3. The number of halogens is 1. The van der Waals surface area contributed by atoms with Gasteiger partial charge in [0.25, 0.3) is 5.91 Å². The maximum Gasteiger partial charge on any atom is 0.265 e. The molecule has 132 valence electrons. The summed E-state index contributed by atoms with van der Waals surface area (Å²) < 4.78 is 11.4. The molecular formula is C17H23BrN2O4. The van der Waals surface area contributed by atoms with Crippen LogP contribution in [0.4, 0.5) is 5.69 Å². The number of fused-ring (bicyclic) bond motifs is 1. The smallest absolute Gasteiger partial charge is 0.265 e. The molecule has 2 rings (SSSR count). The van der Waals surface area contributed by atoms with E-state index in [0.717, 1.165) is 4.47 Å². The zero-order chi connectivity index (χ0) is 17.7. The molecule has 0 radical (unpaired) electrons. The summed E-state index contributed by atoms with van der Waals surface area (Å²) in [5.74, 6) is 0.637. The lowest BCUT2D eigenvalue weighted by Crippen LogP contribution is -2.48. The molecule has 1 aromatic carbocycles. The van der Waals surface area contributed by atoms with Gasteiger partial charge in [-0.25, -0.2) is 0 Å². The lowest BCUT2D eigenvalue weighted by atomic mass is 10.2. The lowest BCUT2D eigenvalue weighted by Gasteiger charge is -2.32. The van der Waals surface area contributed by atoms with Crippen LogP contribution in [0.3, 0.4) is 0 Å². The highest BCUT2D eigenvalue weighted by atomic mass is 79.9. The van der Waals surface area contributed by atoms with Gasteiger partial charge in [-0.15, -0.1) is 0 Å². The van der Waals surface area contributed by atoms with Crippen molar-refractivity contribution >= 4 is 33.4 Å². The van der Waals surface area contributed by atoms with E-state index >= 15 is 0 Å². The fourth-order valence-electron chi connectivity index (χ4n) is 2.55. The third-order valence-corrected chi connectivity index (χ3v) is 4.16. The number of anilines is 1. The van der Waals surface area contributed by atoms with Gasteiger partial charge >= 0.3 is 0 Å². The molecule has 1 aliphatic rings. The molecular weight excluding hydrogens is 376 g/mol. The number of nitrogens with zero attached hydrogens (tertiary/aromatic N) is 2. The van der Waals surface area contributed by atoms with Gasteiger partial charge in [0.15, 0.2) is 6.61 Å². The van der Waals surface area contributed by atoms with Crippen LogP contribution in [0, 0.1) is 5.92 Å². The fourth-order valence-corrected chi connectivity index (χ4v) is 2.89. The zero-order valence-corrected chi connectivity index (χ0v) is 15.8. The first-order chi connectivity index (χ1) is 11.4. The van der Waals surface area contributed by atoms with Gasteiger partial charge in [-0.1, -0.05) is 29.8 Å². The van der Waals surface area contributed by atoms with Crippen LogP contribution in [0.1, 0.15) is 13.8 Å². The lowest BCUT2D eigenvalue weighted by molar-refractivity contribution is -0.133. The Morgan fingerprint density at radius 3 is 2.88 bits per heavy atom. The molecule has 1 aromatic rings. The summed E-state index contributed by atoms with van der Waals surface area (Å²) in [4.78, 5) is 28.2. The average molecular weight is 399 g/mol. The monoisotopic (exact) mass is 398 g/mol. The van der Waals surface area contributed by atoms with Crippen LogP contribution in [0.2, 0.25) is 0 Å². The van der Waals surface area contributed by atoms with Crippen molar-refractivity contribution < 1.29 is 19.1 Å². The Bertz CT molecular complexity index is 606. The van der Waals surface area contributed by atoms with Gasteiger partial charge in [-0.3, -0.25) is 14.5 Å². The Labute approximate surface area is 150 Å². The number of benzene rings is 1. The van der Waals surface area contributed by atoms with Gasteiger partial charge in [-0.2, -0.15) is 0 Å². The molecule has 0 spiro atoms. The number of ether oxygens (including phenoxy) is 2. The van der Waals surface area contributed by atoms with Crippen LogP contribution >= 0.6 is 15.9 Å². The van der Waals surface area contributed by atoms with Crippen molar-refractivity contribution in [3.63, 3.8) is 0 Å². The van der Waals surface area contributed by atoms with Crippen molar-refractivity contribution in [2.24, 2.45) is 5.92 Å². The van der Waals surface area contributed by atoms with Crippen LogP contribution in [0.5, 0.6) is 5.75 Å². The number of hydrogen-bond donors (Lipinski definition) is 0. The topological polar surface area (TPSA) is 59.1 Å². The van der Waals surface area contributed by atoms with Crippen LogP contribution in [-0.2, 0) is 14.3 Å². The van der Waals surface area contributed by atoms with Gasteiger partial charge in [0.2, 0.25) is 5.91 Å². The predicted octanol–water partition coefficient (Wildman–Crippen LogP) is 2.31. The molecule has 0 N–H and O–H groups in total. The second kappa shape index (κ2) is 8.48. The summed E-state index contributed by atoms with van der Waals surface area (Å²) in [6.07, 6.45) is 0. The van der Waals surface area contributed by atoms with E-state index in [4.69, 9.17) is 9.47 Å². The Balaban J connectivity index is 2.15. The quantitative estimate of drug-likeness (QED) is 0.706. The Kier molecular flexibility index (Phi) is 6.62. The molecule has 2 amide bonds. The molecule has 0 saturated carbocycles. The summed E-state index contributed by atoms with van der Waals surface area (Å²) >= 11 is 3.38. The van der Waals surface area contributed by atoms with Crippen LogP contribution in [-0.4, -0.2) is 56.7 Å². The number of rotatable bonds is 7. The van der Waals surface area contributed by atoms with Crippen LogP contribution < -0.4 is 9.64 Å². The molecule has 0 bridgehead atoms. The van der Waals surface area contributed by atoms with Crippen molar-refractivity contribution in [2.45, 2.75) is 13.8 Å². The summed E-state index contributed by atoms with van der Waals surface area (Å²) in [6, 6.07) is 5.41. The first-order valence-corrected chi connectivity index (χ1v) is 8.71. The molecule has 0 atom stereocenters. The molecule has 7 heteroatoms. The minimum Gasteiger partial charge on any atom is -0.482 e. The Morgan fingerprint density at radius 2 is 2.21 bits per heavy atom. The summed E-state index contributed by atoms with van der Waals surface area (Å²) in [5.41, 5.74) is 0.624. The molecule has 24 heavy (non-hydrogen) atoms. The molecule has 0 saturated heterocycles. The van der Waals surface area contributed by atoms with Crippen LogP contribution in [0.25, 0.3) is 0 Å². The van der Waals surface area contributed by atoms with Gasteiger partial charge in [0.05, 0.1) is 12.3 Å². The number of amides is 2. The second-order valence-electron chi connectivity index (χ2n) is 6.11. The fraction of sp³-hybridized carbons (Fsp3) is 0.529. The van der Waals surface area contributed by atoms with Crippen molar-refractivity contribution in [2.75, 3.05) is 44.9 Å². The number of methoxy groups -OCH3 is 1. The van der Waals surface area contributed by atoms with Crippen molar-refractivity contribution in [3.8, 4) is 5.75 Å². The largest absolute Gasteiger partial charge is 0.482 e. The highest BCUT2D eigenvalue weighted by Crippen LogP contribution is 2.34. The summed E-state index contributed by atoms with van der Waals surface area (Å²) in [7, 11) is 1.61. The van der Waals surface area contributed by atoms with Gasteiger partial charge in [-0.05, 0) is 24.1 Å². The molecule has 0 aromatic heterocycles. The molecule has 0 aliphatic carbocycles. The highest BCUT2D eigenvalue weighted by Gasteiger charge is 2.29. The molecule has 1 heterocycles. The Hall–Kier alpha value is -1.60. The second-order valence-corrected chi connectivity index (χ2v) is 7.02. The maximum absolute atomic E-state index is 12.7. The minimum atomic E-state index is -0.214. The minimum absolute atomic E-state index is 0.00720.